The monoisotopic (exact) mass is 316 g/mol. The van der Waals surface area contributed by atoms with Crippen molar-refractivity contribution in [3.8, 4) is 5.75 Å². The van der Waals surface area contributed by atoms with E-state index in [1.807, 2.05) is 24.3 Å². The number of hydrogen-bond acceptors (Lipinski definition) is 4. The third-order valence-corrected chi connectivity index (χ3v) is 5.26. The van der Waals surface area contributed by atoms with E-state index in [0.29, 0.717) is 18.8 Å². The highest BCUT2D eigenvalue weighted by atomic mass is 16.6. The van der Waals surface area contributed by atoms with Crippen LogP contribution in [0.2, 0.25) is 0 Å². The standard InChI is InChI=1S/C19H24O4/c1-22-17-9-5-2-6-14(17)10-11-19(15-7-3-4-8-15)13-16(20)12-18(21)23-19/h2,5-6,9,15H,3-4,7-8,10-13H2,1H3. The van der Waals surface area contributed by atoms with Gasteiger partial charge in [0.1, 0.15) is 23.6 Å². The van der Waals surface area contributed by atoms with Gasteiger partial charge in [0.15, 0.2) is 0 Å². The molecule has 1 aliphatic heterocycles. The first-order valence-corrected chi connectivity index (χ1v) is 8.48. The second-order valence-corrected chi connectivity index (χ2v) is 6.72. The molecule has 0 spiro atoms. The van der Waals surface area contributed by atoms with Gasteiger partial charge in [0.05, 0.1) is 7.11 Å². The van der Waals surface area contributed by atoms with Gasteiger partial charge in [-0.15, -0.1) is 0 Å². The summed E-state index contributed by atoms with van der Waals surface area (Å²) in [7, 11) is 1.66. The number of aryl methyl sites for hydroxylation is 1. The molecular weight excluding hydrogens is 292 g/mol. The molecule has 2 fully saturated rings. The molecule has 124 valence electrons. The zero-order valence-electron chi connectivity index (χ0n) is 13.7. The maximum atomic E-state index is 12.1. The molecule has 1 unspecified atom stereocenters. The Kier molecular flexibility index (Phi) is 4.69. The quantitative estimate of drug-likeness (QED) is 0.616. The van der Waals surface area contributed by atoms with Crippen LogP contribution in [0.25, 0.3) is 0 Å². The summed E-state index contributed by atoms with van der Waals surface area (Å²) < 4.78 is 11.2. The average molecular weight is 316 g/mol. The van der Waals surface area contributed by atoms with Gasteiger partial charge in [0.2, 0.25) is 0 Å². The second kappa shape index (κ2) is 6.73. The number of esters is 1. The third kappa shape index (κ3) is 3.41. The molecule has 1 aliphatic carbocycles. The predicted octanol–water partition coefficient (Wildman–Crippen LogP) is 3.46. The molecule has 1 saturated heterocycles. The van der Waals surface area contributed by atoms with Crippen molar-refractivity contribution in [3.63, 3.8) is 0 Å². The summed E-state index contributed by atoms with van der Waals surface area (Å²) in [6.07, 6.45) is 6.16. The lowest BCUT2D eigenvalue weighted by Gasteiger charge is -2.41. The summed E-state index contributed by atoms with van der Waals surface area (Å²) in [6, 6.07) is 7.90. The number of cyclic esters (lactones) is 1. The van der Waals surface area contributed by atoms with Gasteiger partial charge in [-0.05, 0) is 43.2 Å². The smallest absolute Gasteiger partial charge is 0.313 e. The Morgan fingerprint density at radius 1 is 1.22 bits per heavy atom. The van der Waals surface area contributed by atoms with Gasteiger partial charge >= 0.3 is 5.97 Å². The van der Waals surface area contributed by atoms with Crippen LogP contribution in [0.3, 0.4) is 0 Å². The minimum atomic E-state index is -0.607. The van der Waals surface area contributed by atoms with Gasteiger partial charge < -0.3 is 9.47 Å². The van der Waals surface area contributed by atoms with Crippen LogP contribution < -0.4 is 4.74 Å². The summed E-state index contributed by atoms with van der Waals surface area (Å²) in [5, 5.41) is 0. The molecule has 4 heteroatoms. The van der Waals surface area contributed by atoms with E-state index in [-0.39, 0.29) is 18.2 Å². The van der Waals surface area contributed by atoms with Crippen LogP contribution >= 0.6 is 0 Å². The van der Waals surface area contributed by atoms with Gasteiger partial charge in [-0.2, -0.15) is 0 Å². The van der Waals surface area contributed by atoms with Gasteiger partial charge in [-0.1, -0.05) is 31.0 Å². The Morgan fingerprint density at radius 2 is 1.96 bits per heavy atom. The van der Waals surface area contributed by atoms with Crippen molar-refractivity contribution in [2.24, 2.45) is 5.92 Å². The first-order chi connectivity index (χ1) is 11.1. The van der Waals surface area contributed by atoms with E-state index in [4.69, 9.17) is 9.47 Å². The van der Waals surface area contributed by atoms with Crippen LogP contribution in [0, 0.1) is 5.92 Å². The molecule has 0 N–H and O–H groups in total. The predicted molar refractivity (Wildman–Crippen MR) is 86.3 cm³/mol. The summed E-state index contributed by atoms with van der Waals surface area (Å²) in [4.78, 5) is 24.0. The number of ether oxygens (including phenoxy) is 2. The highest BCUT2D eigenvalue weighted by Gasteiger charge is 2.47. The molecule has 1 aromatic carbocycles. The number of para-hydroxylation sites is 1. The van der Waals surface area contributed by atoms with E-state index in [1.54, 1.807) is 7.11 Å². The Hall–Kier alpha value is -1.84. The molecular formula is C19H24O4. The van der Waals surface area contributed by atoms with Gasteiger partial charge in [-0.25, -0.2) is 0 Å². The van der Waals surface area contributed by atoms with Crippen LogP contribution in [-0.2, 0) is 20.7 Å². The van der Waals surface area contributed by atoms with E-state index in [0.717, 1.165) is 43.4 Å². The number of carbonyl (C=O) groups excluding carboxylic acids is 2. The molecule has 0 bridgehead atoms. The molecule has 1 atom stereocenters. The Morgan fingerprint density at radius 3 is 2.65 bits per heavy atom. The molecule has 23 heavy (non-hydrogen) atoms. The van der Waals surface area contributed by atoms with Crippen molar-refractivity contribution in [1.29, 1.82) is 0 Å². The molecule has 1 heterocycles. The molecule has 2 aliphatic rings. The Balaban J connectivity index is 1.81. The van der Waals surface area contributed by atoms with Gasteiger partial charge in [0.25, 0.3) is 0 Å². The van der Waals surface area contributed by atoms with Crippen molar-refractivity contribution in [1.82, 2.24) is 0 Å². The number of Topliss-reactive ketones (excluding diaryl/α,β-unsaturated/α-hetero) is 1. The average Bonchev–Trinajstić information content (AvgIpc) is 3.07. The number of benzene rings is 1. The number of methoxy groups -OCH3 is 1. The highest BCUT2D eigenvalue weighted by Crippen LogP contribution is 2.44. The lowest BCUT2D eigenvalue weighted by Crippen LogP contribution is -2.48. The van der Waals surface area contributed by atoms with E-state index in [2.05, 4.69) is 0 Å². The fourth-order valence-electron chi connectivity index (χ4n) is 4.13. The number of rotatable bonds is 5. The molecule has 1 aromatic rings. The van der Waals surface area contributed by atoms with Crippen LogP contribution in [0.1, 0.15) is 50.5 Å². The minimum Gasteiger partial charge on any atom is -0.496 e. The third-order valence-electron chi connectivity index (χ3n) is 5.26. The van der Waals surface area contributed by atoms with Crippen LogP contribution in [0.4, 0.5) is 0 Å². The van der Waals surface area contributed by atoms with Gasteiger partial charge in [-0.3, -0.25) is 9.59 Å². The number of ketones is 1. The van der Waals surface area contributed by atoms with Crippen molar-refractivity contribution >= 4 is 11.8 Å². The summed E-state index contributed by atoms with van der Waals surface area (Å²) in [5.41, 5.74) is 0.491. The lowest BCUT2D eigenvalue weighted by atomic mass is 9.76. The first-order valence-electron chi connectivity index (χ1n) is 8.48. The van der Waals surface area contributed by atoms with Crippen LogP contribution in [0.5, 0.6) is 5.75 Å². The second-order valence-electron chi connectivity index (χ2n) is 6.72. The topological polar surface area (TPSA) is 52.6 Å². The maximum absolute atomic E-state index is 12.1. The van der Waals surface area contributed by atoms with Crippen molar-refractivity contribution < 1.29 is 19.1 Å². The minimum absolute atomic E-state index is 0.0215. The van der Waals surface area contributed by atoms with Crippen molar-refractivity contribution in [2.75, 3.05) is 7.11 Å². The molecule has 1 saturated carbocycles. The van der Waals surface area contributed by atoms with E-state index < -0.39 is 5.60 Å². The van der Waals surface area contributed by atoms with E-state index >= 15 is 0 Å². The molecule has 0 radical (unpaired) electrons. The zero-order chi connectivity index (χ0) is 16.3. The fraction of sp³-hybridized carbons (Fsp3) is 0.579. The van der Waals surface area contributed by atoms with E-state index in [1.165, 1.54) is 0 Å². The highest BCUT2D eigenvalue weighted by molar-refractivity contribution is 5.98. The summed E-state index contributed by atoms with van der Waals surface area (Å²) >= 11 is 0. The molecule has 3 rings (SSSR count). The Bertz CT molecular complexity index is 571. The number of hydrogen-bond donors (Lipinski definition) is 0. The first kappa shape index (κ1) is 16.0. The molecule has 0 amide bonds. The van der Waals surface area contributed by atoms with Crippen LogP contribution in [-0.4, -0.2) is 24.5 Å². The van der Waals surface area contributed by atoms with Crippen molar-refractivity contribution in [2.45, 2.75) is 57.0 Å². The van der Waals surface area contributed by atoms with Crippen LogP contribution in [0.15, 0.2) is 24.3 Å². The lowest BCUT2D eigenvalue weighted by molar-refractivity contribution is -0.178. The van der Waals surface area contributed by atoms with Crippen molar-refractivity contribution in [3.05, 3.63) is 29.8 Å². The fourth-order valence-corrected chi connectivity index (χ4v) is 4.13. The largest absolute Gasteiger partial charge is 0.496 e. The van der Waals surface area contributed by atoms with Gasteiger partial charge in [0, 0.05) is 6.42 Å². The summed E-state index contributed by atoms with van der Waals surface area (Å²) in [5.74, 6) is 0.828. The normalized spacial score (nSPS) is 25.4. The molecule has 0 aromatic heterocycles. The zero-order valence-corrected chi connectivity index (χ0v) is 13.7. The summed E-state index contributed by atoms with van der Waals surface area (Å²) in [6.45, 7) is 0. The number of carbonyl (C=O) groups is 2. The SMILES string of the molecule is COc1ccccc1CCC1(C2CCCC2)CC(=O)CC(=O)O1. The maximum Gasteiger partial charge on any atom is 0.313 e. The van der Waals surface area contributed by atoms with E-state index in [9.17, 15) is 9.59 Å². The Labute approximate surface area is 137 Å². The molecule has 4 nitrogen and oxygen atoms in total.